The molecule has 1 aromatic heterocycles. The summed E-state index contributed by atoms with van der Waals surface area (Å²) in [5.41, 5.74) is 4.35. The zero-order chi connectivity index (χ0) is 25.5. The maximum atomic E-state index is 13.0. The lowest BCUT2D eigenvalue weighted by atomic mass is 9.93. The Hall–Kier alpha value is -3.42. The molecule has 0 radical (unpaired) electrons. The highest BCUT2D eigenvalue weighted by Gasteiger charge is 2.51. The highest BCUT2D eigenvalue weighted by atomic mass is 35.5. The van der Waals surface area contributed by atoms with Gasteiger partial charge in [0.2, 0.25) is 0 Å². The molecule has 0 unspecified atom stereocenters. The van der Waals surface area contributed by atoms with Crippen LogP contribution in [-0.2, 0) is 31.6 Å². The Morgan fingerprint density at radius 1 is 0.944 bits per heavy atom. The summed E-state index contributed by atoms with van der Waals surface area (Å²) >= 11 is 6.16. The molecule has 1 aliphatic carbocycles. The van der Waals surface area contributed by atoms with E-state index < -0.39 is 21.2 Å². The first-order chi connectivity index (χ1) is 17.2. The molecule has 8 heteroatoms. The predicted molar refractivity (Wildman–Crippen MR) is 138 cm³/mol. The molecule has 0 aliphatic heterocycles. The highest BCUT2D eigenvalue weighted by Crippen LogP contribution is 2.48. The average Bonchev–Trinajstić information content (AvgIpc) is 3.61. The summed E-state index contributed by atoms with van der Waals surface area (Å²) in [6.07, 6.45) is 1.34. The van der Waals surface area contributed by atoms with Crippen molar-refractivity contribution >= 4 is 27.4 Å². The van der Waals surface area contributed by atoms with Crippen molar-refractivity contribution in [2.24, 2.45) is 0 Å². The van der Waals surface area contributed by atoms with E-state index in [0.29, 0.717) is 40.4 Å². The van der Waals surface area contributed by atoms with Gasteiger partial charge in [-0.25, -0.2) is 8.42 Å². The van der Waals surface area contributed by atoms with E-state index in [-0.39, 0.29) is 11.5 Å². The maximum Gasteiger partial charge on any atom is 0.314 e. The van der Waals surface area contributed by atoms with Crippen LogP contribution in [0.4, 0.5) is 0 Å². The molecule has 36 heavy (non-hydrogen) atoms. The monoisotopic (exact) mass is 521 g/mol. The molecule has 1 aliphatic rings. The summed E-state index contributed by atoms with van der Waals surface area (Å²) in [6, 6.07) is 22.1. The number of benzene rings is 3. The van der Waals surface area contributed by atoms with Crippen molar-refractivity contribution in [3.63, 3.8) is 0 Å². The first-order valence-electron chi connectivity index (χ1n) is 11.5. The molecule has 0 amide bonds. The van der Waals surface area contributed by atoms with Crippen LogP contribution in [0.5, 0.6) is 0 Å². The van der Waals surface area contributed by atoms with Gasteiger partial charge in [-0.3, -0.25) is 4.79 Å². The summed E-state index contributed by atoms with van der Waals surface area (Å²) in [5, 5.41) is 13.9. The summed E-state index contributed by atoms with van der Waals surface area (Å²) in [6.45, 7) is 1.73. The standard InChI is InChI=1S/C28H24ClNO5S/c1-18-24(17-36(33,34)16-22-4-2-3-5-25(22)29)26(35-30-18)21-8-6-19(7-9-21)20-10-12-23(13-11-20)28(14-15-28)27(31)32/h2-13H,14-17H2,1H3,(H,31,32). The lowest BCUT2D eigenvalue weighted by Gasteiger charge is -2.11. The van der Waals surface area contributed by atoms with Crippen LogP contribution in [0.3, 0.4) is 0 Å². The van der Waals surface area contributed by atoms with Crippen molar-refractivity contribution in [1.82, 2.24) is 5.16 Å². The van der Waals surface area contributed by atoms with Gasteiger partial charge in [0.05, 0.1) is 22.6 Å². The Kier molecular flexibility index (Phi) is 6.22. The van der Waals surface area contributed by atoms with E-state index in [2.05, 4.69) is 5.16 Å². The number of aryl methyl sites for hydroxylation is 1. The van der Waals surface area contributed by atoms with Crippen molar-refractivity contribution < 1.29 is 22.8 Å². The zero-order valence-corrected chi connectivity index (χ0v) is 21.1. The molecule has 3 aromatic carbocycles. The number of hydrogen-bond acceptors (Lipinski definition) is 5. The number of sulfone groups is 1. The maximum absolute atomic E-state index is 13.0. The molecule has 1 saturated carbocycles. The second-order valence-electron chi connectivity index (χ2n) is 9.24. The third kappa shape index (κ3) is 4.68. The van der Waals surface area contributed by atoms with E-state index in [9.17, 15) is 18.3 Å². The zero-order valence-electron chi connectivity index (χ0n) is 19.6. The fraction of sp³-hybridized carbons (Fsp3) is 0.214. The average molecular weight is 522 g/mol. The minimum atomic E-state index is -3.53. The number of carbonyl (C=O) groups is 1. The number of aliphatic carboxylic acids is 1. The van der Waals surface area contributed by atoms with Crippen LogP contribution in [0, 0.1) is 6.92 Å². The summed E-state index contributed by atoms with van der Waals surface area (Å²) in [5.74, 6) is -0.729. The van der Waals surface area contributed by atoms with Crippen molar-refractivity contribution in [3.8, 4) is 22.5 Å². The fourth-order valence-electron chi connectivity index (χ4n) is 4.46. The van der Waals surface area contributed by atoms with Crippen LogP contribution in [0.2, 0.25) is 5.02 Å². The van der Waals surface area contributed by atoms with Gasteiger partial charge >= 0.3 is 5.97 Å². The smallest absolute Gasteiger partial charge is 0.314 e. The first-order valence-corrected chi connectivity index (χ1v) is 13.7. The van der Waals surface area contributed by atoms with Gasteiger partial charge in [0, 0.05) is 16.1 Å². The molecule has 1 heterocycles. The normalized spacial score (nSPS) is 14.5. The second-order valence-corrected chi connectivity index (χ2v) is 11.7. The Labute approximate surface area is 214 Å². The highest BCUT2D eigenvalue weighted by molar-refractivity contribution is 7.89. The van der Waals surface area contributed by atoms with Crippen LogP contribution in [0.25, 0.3) is 22.5 Å². The van der Waals surface area contributed by atoms with Crippen LogP contribution < -0.4 is 0 Å². The molecule has 1 fully saturated rings. The lowest BCUT2D eigenvalue weighted by molar-refractivity contribution is -0.140. The third-order valence-corrected chi connectivity index (χ3v) is 8.61. The number of hydrogen-bond donors (Lipinski definition) is 1. The van der Waals surface area contributed by atoms with E-state index in [4.69, 9.17) is 16.1 Å². The molecule has 184 valence electrons. The van der Waals surface area contributed by atoms with Gasteiger partial charge < -0.3 is 9.63 Å². The van der Waals surface area contributed by atoms with Gasteiger partial charge in [-0.2, -0.15) is 0 Å². The molecule has 0 saturated heterocycles. The number of rotatable bonds is 8. The first kappa shape index (κ1) is 24.3. The van der Waals surface area contributed by atoms with Gasteiger partial charge in [0.15, 0.2) is 15.6 Å². The molecule has 1 N–H and O–H groups in total. The number of carboxylic acids is 1. The molecule has 0 bridgehead atoms. The van der Waals surface area contributed by atoms with Gasteiger partial charge in [-0.1, -0.05) is 83.5 Å². The van der Waals surface area contributed by atoms with Crippen molar-refractivity contribution in [2.75, 3.05) is 0 Å². The Bertz CT molecular complexity index is 1540. The molecule has 0 atom stereocenters. The SMILES string of the molecule is Cc1noc(-c2ccc(-c3ccc(C4(C(=O)O)CC4)cc3)cc2)c1CS(=O)(=O)Cc1ccccc1Cl. The van der Waals surface area contributed by atoms with Crippen LogP contribution in [0.15, 0.2) is 77.3 Å². The van der Waals surface area contributed by atoms with Gasteiger partial charge in [0.25, 0.3) is 0 Å². The lowest BCUT2D eigenvalue weighted by Crippen LogP contribution is -2.19. The Morgan fingerprint density at radius 2 is 1.53 bits per heavy atom. The molecule has 0 spiro atoms. The molecular formula is C28H24ClNO5S. The van der Waals surface area contributed by atoms with Gasteiger partial charge in [-0.15, -0.1) is 0 Å². The molecule has 4 aromatic rings. The van der Waals surface area contributed by atoms with Gasteiger partial charge in [-0.05, 0) is 48.1 Å². The summed E-state index contributed by atoms with van der Waals surface area (Å²) < 4.78 is 31.5. The van der Waals surface area contributed by atoms with Crippen molar-refractivity contribution in [3.05, 3.63) is 100 Å². The van der Waals surface area contributed by atoms with E-state index in [1.54, 1.807) is 31.2 Å². The number of aromatic nitrogens is 1. The van der Waals surface area contributed by atoms with E-state index in [0.717, 1.165) is 22.3 Å². The summed E-state index contributed by atoms with van der Waals surface area (Å²) in [4.78, 5) is 11.6. The minimum Gasteiger partial charge on any atom is -0.481 e. The Morgan fingerprint density at radius 3 is 2.11 bits per heavy atom. The van der Waals surface area contributed by atoms with Crippen LogP contribution in [-0.4, -0.2) is 24.7 Å². The van der Waals surface area contributed by atoms with Crippen LogP contribution >= 0.6 is 11.6 Å². The topological polar surface area (TPSA) is 97.5 Å². The fourth-order valence-corrected chi connectivity index (χ4v) is 6.34. The molecule has 6 nitrogen and oxygen atoms in total. The summed E-state index contributed by atoms with van der Waals surface area (Å²) in [7, 11) is -3.53. The third-order valence-electron chi connectivity index (χ3n) is 6.76. The van der Waals surface area contributed by atoms with Gasteiger partial charge in [0.1, 0.15) is 0 Å². The molecular weight excluding hydrogens is 498 g/mol. The Balaban J connectivity index is 1.36. The number of halogens is 1. The number of nitrogens with zero attached hydrogens (tertiary/aromatic N) is 1. The minimum absolute atomic E-state index is 0.172. The van der Waals surface area contributed by atoms with Crippen molar-refractivity contribution in [2.45, 2.75) is 36.7 Å². The quantitative estimate of drug-likeness (QED) is 0.296. The van der Waals surface area contributed by atoms with Crippen LogP contribution in [0.1, 0.15) is 35.2 Å². The number of carboxylic acid groups (broad SMARTS) is 1. The molecule has 5 rings (SSSR count). The van der Waals surface area contributed by atoms with E-state index >= 15 is 0 Å². The van der Waals surface area contributed by atoms with E-state index in [1.807, 2.05) is 48.5 Å². The van der Waals surface area contributed by atoms with E-state index in [1.165, 1.54) is 0 Å². The second kappa shape index (κ2) is 9.22. The predicted octanol–water partition coefficient (Wildman–Crippen LogP) is 6.20. The largest absolute Gasteiger partial charge is 0.481 e. The van der Waals surface area contributed by atoms with Crippen molar-refractivity contribution in [1.29, 1.82) is 0 Å².